The Labute approximate surface area is 125 Å². The zero-order valence-corrected chi connectivity index (χ0v) is 12.8. The van der Waals surface area contributed by atoms with Gasteiger partial charge in [-0.25, -0.2) is 4.98 Å². The van der Waals surface area contributed by atoms with E-state index < -0.39 is 0 Å². The van der Waals surface area contributed by atoms with Crippen LogP contribution in [0.5, 0.6) is 0 Å². The van der Waals surface area contributed by atoms with E-state index in [1.165, 1.54) is 0 Å². The van der Waals surface area contributed by atoms with Crippen molar-refractivity contribution in [3.8, 4) is 5.69 Å². The van der Waals surface area contributed by atoms with Gasteiger partial charge in [0.1, 0.15) is 0 Å². The lowest BCUT2D eigenvalue weighted by atomic mass is 9.75. The lowest BCUT2D eigenvalue weighted by molar-refractivity contribution is -0.123. The van der Waals surface area contributed by atoms with E-state index >= 15 is 0 Å². The van der Waals surface area contributed by atoms with E-state index in [-0.39, 0.29) is 11.8 Å². The quantitative estimate of drug-likeness (QED) is 0.937. The van der Waals surface area contributed by atoms with Gasteiger partial charge in [-0.05, 0) is 56.9 Å². The summed E-state index contributed by atoms with van der Waals surface area (Å²) in [6.45, 7) is 6.24. The summed E-state index contributed by atoms with van der Waals surface area (Å²) in [6, 6.07) is 7.91. The average Bonchev–Trinajstić information content (AvgIpc) is 2.76. The minimum atomic E-state index is 0.149. The monoisotopic (exact) mass is 283 g/mol. The zero-order chi connectivity index (χ0) is 15.0. The molecule has 1 heterocycles. The Bertz CT molecular complexity index is 651. The molecule has 0 radical (unpaired) electrons. The van der Waals surface area contributed by atoms with Gasteiger partial charge >= 0.3 is 0 Å². The molecule has 1 amide bonds. The number of carbonyl (C=O) groups is 1. The minimum Gasteiger partial charge on any atom is -0.326 e. The van der Waals surface area contributed by atoms with Gasteiger partial charge < -0.3 is 9.88 Å². The fourth-order valence-corrected chi connectivity index (χ4v) is 2.83. The Hall–Kier alpha value is -2.10. The molecule has 4 heteroatoms. The number of aryl methyl sites for hydroxylation is 1. The second-order valence-electron chi connectivity index (χ2n) is 6.10. The summed E-state index contributed by atoms with van der Waals surface area (Å²) >= 11 is 0. The first-order chi connectivity index (χ1) is 10.0. The summed E-state index contributed by atoms with van der Waals surface area (Å²) in [6.07, 6.45) is 3.85. The number of benzene rings is 1. The Morgan fingerprint density at radius 2 is 1.90 bits per heavy atom. The number of imidazole rings is 1. The maximum atomic E-state index is 12.0. The van der Waals surface area contributed by atoms with Crippen LogP contribution >= 0.6 is 0 Å². The topological polar surface area (TPSA) is 46.9 Å². The Balaban J connectivity index is 1.69. The van der Waals surface area contributed by atoms with Gasteiger partial charge in [-0.15, -0.1) is 0 Å². The molecule has 1 aromatic heterocycles. The predicted octanol–water partition coefficient (Wildman–Crippen LogP) is 3.47. The molecule has 4 nitrogen and oxygen atoms in total. The first-order valence-corrected chi connectivity index (χ1v) is 7.46. The van der Waals surface area contributed by atoms with Gasteiger partial charge in [-0.2, -0.15) is 0 Å². The van der Waals surface area contributed by atoms with E-state index in [0.29, 0.717) is 5.92 Å². The maximum absolute atomic E-state index is 12.0. The second-order valence-corrected chi connectivity index (χ2v) is 6.10. The number of anilines is 1. The van der Waals surface area contributed by atoms with Crippen molar-refractivity contribution >= 4 is 11.6 Å². The molecule has 1 aromatic carbocycles. The smallest absolute Gasteiger partial charge is 0.227 e. The number of aromatic nitrogens is 2. The second kappa shape index (κ2) is 5.35. The van der Waals surface area contributed by atoms with Crippen molar-refractivity contribution < 1.29 is 4.79 Å². The third kappa shape index (κ3) is 2.71. The summed E-state index contributed by atoms with van der Waals surface area (Å²) in [5.41, 5.74) is 4.09. The fraction of sp³-hybridized carbons (Fsp3) is 0.412. The van der Waals surface area contributed by atoms with Crippen LogP contribution in [0, 0.1) is 25.7 Å². The molecule has 0 saturated heterocycles. The average molecular weight is 283 g/mol. The lowest BCUT2D eigenvalue weighted by Gasteiger charge is -2.31. The third-order valence-electron chi connectivity index (χ3n) is 4.41. The molecule has 1 aliphatic rings. The molecule has 2 aromatic rings. The zero-order valence-electron chi connectivity index (χ0n) is 12.8. The van der Waals surface area contributed by atoms with Crippen molar-refractivity contribution in [3.63, 3.8) is 0 Å². The molecule has 0 bridgehead atoms. The highest BCUT2D eigenvalue weighted by Crippen LogP contribution is 2.33. The molecule has 1 aliphatic carbocycles. The molecule has 1 fully saturated rings. The van der Waals surface area contributed by atoms with Crippen molar-refractivity contribution in [3.05, 3.63) is 42.0 Å². The molecule has 0 atom stereocenters. The molecule has 3 rings (SSSR count). The van der Waals surface area contributed by atoms with Crippen LogP contribution in [0.25, 0.3) is 5.69 Å². The van der Waals surface area contributed by atoms with Crippen LogP contribution < -0.4 is 5.32 Å². The number of hydrogen-bond donors (Lipinski definition) is 1. The molecular weight excluding hydrogens is 262 g/mol. The van der Waals surface area contributed by atoms with Crippen molar-refractivity contribution in [1.82, 2.24) is 9.55 Å². The van der Waals surface area contributed by atoms with Crippen molar-refractivity contribution in [2.75, 3.05) is 5.32 Å². The minimum absolute atomic E-state index is 0.149. The van der Waals surface area contributed by atoms with Gasteiger partial charge in [0.25, 0.3) is 0 Å². The third-order valence-corrected chi connectivity index (χ3v) is 4.41. The predicted molar refractivity (Wildman–Crippen MR) is 83.6 cm³/mol. The van der Waals surface area contributed by atoms with Gasteiger partial charge in [0, 0.05) is 23.0 Å². The Kier molecular flexibility index (Phi) is 3.53. The number of hydrogen-bond acceptors (Lipinski definition) is 2. The van der Waals surface area contributed by atoms with Crippen LogP contribution in [-0.2, 0) is 4.79 Å². The summed E-state index contributed by atoms with van der Waals surface area (Å²) in [5, 5.41) is 3.00. The number of carbonyl (C=O) groups excluding carboxylic acids is 1. The van der Waals surface area contributed by atoms with Crippen molar-refractivity contribution in [1.29, 1.82) is 0 Å². The molecule has 21 heavy (non-hydrogen) atoms. The van der Waals surface area contributed by atoms with E-state index in [9.17, 15) is 4.79 Å². The molecule has 1 saturated carbocycles. The van der Waals surface area contributed by atoms with Crippen LogP contribution in [0.15, 0.2) is 30.6 Å². The van der Waals surface area contributed by atoms with Gasteiger partial charge in [0.15, 0.2) is 0 Å². The first-order valence-electron chi connectivity index (χ1n) is 7.46. The summed E-state index contributed by atoms with van der Waals surface area (Å²) < 4.78 is 2.05. The Morgan fingerprint density at radius 1 is 1.24 bits per heavy atom. The Morgan fingerprint density at radius 3 is 2.43 bits per heavy atom. The van der Waals surface area contributed by atoms with Gasteiger partial charge in [0.2, 0.25) is 5.91 Å². The number of amides is 1. The highest BCUT2D eigenvalue weighted by Gasteiger charge is 2.31. The normalized spacial score (nSPS) is 20.9. The standard InChI is InChI=1S/C17H21N3O/c1-11-8-14(9-11)17(21)19-15-4-6-16(7-5-15)20-10-18-12(2)13(20)3/h4-7,10-11,14H,8-9H2,1-3H3,(H,19,21). The summed E-state index contributed by atoms with van der Waals surface area (Å²) in [7, 11) is 0. The van der Waals surface area contributed by atoms with E-state index in [2.05, 4.69) is 28.7 Å². The van der Waals surface area contributed by atoms with Crippen LogP contribution in [0.2, 0.25) is 0 Å². The molecule has 1 N–H and O–H groups in total. The molecule has 0 aliphatic heterocycles. The van der Waals surface area contributed by atoms with E-state index in [4.69, 9.17) is 0 Å². The summed E-state index contributed by atoms with van der Waals surface area (Å²) in [4.78, 5) is 16.3. The van der Waals surface area contributed by atoms with Gasteiger partial charge in [-0.3, -0.25) is 4.79 Å². The molecular formula is C17H21N3O. The first kappa shape index (κ1) is 13.9. The van der Waals surface area contributed by atoms with Gasteiger partial charge in [-0.1, -0.05) is 6.92 Å². The molecule has 110 valence electrons. The van der Waals surface area contributed by atoms with E-state index in [1.54, 1.807) is 0 Å². The SMILES string of the molecule is Cc1ncn(-c2ccc(NC(=O)C3CC(C)C3)cc2)c1C. The van der Waals surface area contributed by atoms with E-state index in [1.807, 2.05) is 37.5 Å². The fourth-order valence-electron chi connectivity index (χ4n) is 2.83. The maximum Gasteiger partial charge on any atom is 0.227 e. The highest BCUT2D eigenvalue weighted by molar-refractivity contribution is 5.93. The largest absolute Gasteiger partial charge is 0.326 e. The van der Waals surface area contributed by atoms with Crippen LogP contribution in [0.1, 0.15) is 31.2 Å². The highest BCUT2D eigenvalue weighted by atomic mass is 16.1. The van der Waals surface area contributed by atoms with Crippen LogP contribution in [-0.4, -0.2) is 15.5 Å². The number of nitrogens with zero attached hydrogens (tertiary/aromatic N) is 2. The van der Waals surface area contributed by atoms with Crippen molar-refractivity contribution in [2.24, 2.45) is 11.8 Å². The lowest BCUT2D eigenvalue weighted by Crippen LogP contribution is -2.33. The van der Waals surface area contributed by atoms with Crippen LogP contribution in [0.4, 0.5) is 5.69 Å². The molecule has 0 spiro atoms. The number of rotatable bonds is 3. The van der Waals surface area contributed by atoms with Crippen LogP contribution in [0.3, 0.4) is 0 Å². The van der Waals surface area contributed by atoms with Gasteiger partial charge in [0.05, 0.1) is 12.0 Å². The molecule has 0 unspecified atom stereocenters. The van der Waals surface area contributed by atoms with Crippen molar-refractivity contribution in [2.45, 2.75) is 33.6 Å². The van der Waals surface area contributed by atoms with E-state index in [0.717, 1.165) is 35.6 Å². The number of nitrogens with one attached hydrogen (secondary N) is 1. The summed E-state index contributed by atoms with van der Waals surface area (Å²) in [5.74, 6) is 1.03.